The van der Waals surface area contributed by atoms with Gasteiger partial charge in [-0.05, 0) is 48.1 Å². The van der Waals surface area contributed by atoms with E-state index in [0.29, 0.717) is 41.8 Å². The lowest BCUT2D eigenvalue weighted by molar-refractivity contribution is -0.141. The fourth-order valence-electron chi connectivity index (χ4n) is 3.64. The lowest BCUT2D eigenvalue weighted by Gasteiger charge is -2.31. The van der Waals surface area contributed by atoms with Crippen molar-refractivity contribution < 1.29 is 19.1 Å². The molecule has 32 heavy (non-hydrogen) atoms. The molecule has 1 heterocycles. The monoisotopic (exact) mass is 458 g/mol. The second kappa shape index (κ2) is 11.2. The number of hydrogen-bond acceptors (Lipinski definition) is 4. The van der Waals surface area contributed by atoms with E-state index in [9.17, 15) is 9.59 Å². The summed E-state index contributed by atoms with van der Waals surface area (Å²) in [5, 5.41) is 3.56. The molecule has 1 atom stereocenters. The van der Waals surface area contributed by atoms with Crippen LogP contribution in [0.2, 0.25) is 5.02 Å². The molecule has 1 aliphatic heterocycles. The molecule has 0 fully saturated rings. The highest BCUT2D eigenvalue weighted by atomic mass is 35.5. The zero-order valence-corrected chi connectivity index (χ0v) is 19.7. The Bertz CT molecular complexity index is 947. The van der Waals surface area contributed by atoms with E-state index < -0.39 is 6.04 Å². The number of carbonyl (C=O) groups is 2. The zero-order valence-electron chi connectivity index (χ0n) is 18.9. The molecule has 0 radical (unpaired) electrons. The maximum Gasteiger partial charge on any atom is 0.242 e. The predicted molar refractivity (Wildman–Crippen MR) is 125 cm³/mol. The molecular formula is C25H31ClN2O4. The summed E-state index contributed by atoms with van der Waals surface area (Å²) in [6.07, 6.45) is 1.33. The fourth-order valence-corrected chi connectivity index (χ4v) is 3.84. The summed E-state index contributed by atoms with van der Waals surface area (Å²) in [6, 6.07) is 12.6. The van der Waals surface area contributed by atoms with Gasteiger partial charge in [-0.3, -0.25) is 9.59 Å². The Morgan fingerprint density at radius 2 is 1.88 bits per heavy atom. The minimum atomic E-state index is -0.561. The van der Waals surface area contributed by atoms with Gasteiger partial charge in [-0.1, -0.05) is 56.6 Å². The Morgan fingerprint density at radius 3 is 2.59 bits per heavy atom. The second-order valence-corrected chi connectivity index (χ2v) is 8.77. The van der Waals surface area contributed by atoms with Gasteiger partial charge in [0.15, 0.2) is 11.5 Å². The third-order valence-electron chi connectivity index (χ3n) is 5.43. The van der Waals surface area contributed by atoms with Gasteiger partial charge in [0, 0.05) is 24.5 Å². The largest absolute Gasteiger partial charge is 0.454 e. The van der Waals surface area contributed by atoms with Gasteiger partial charge in [0.05, 0.1) is 0 Å². The number of carbonyl (C=O) groups excluding carboxylic acids is 2. The molecule has 2 aromatic carbocycles. The molecule has 0 saturated carbocycles. The number of amides is 2. The first-order chi connectivity index (χ1) is 15.4. The lowest BCUT2D eigenvalue weighted by atomic mass is 10.1. The van der Waals surface area contributed by atoms with Crippen LogP contribution in [0, 0.1) is 5.92 Å². The summed E-state index contributed by atoms with van der Waals surface area (Å²) in [5.74, 6) is 1.52. The summed E-state index contributed by atoms with van der Waals surface area (Å²) in [5.41, 5.74) is 1.80. The van der Waals surface area contributed by atoms with E-state index in [1.165, 1.54) is 0 Å². The van der Waals surface area contributed by atoms with Gasteiger partial charge in [-0.2, -0.15) is 0 Å². The molecule has 172 valence electrons. The van der Waals surface area contributed by atoms with E-state index in [4.69, 9.17) is 21.1 Å². The third-order valence-corrected chi connectivity index (χ3v) is 5.80. The summed E-state index contributed by atoms with van der Waals surface area (Å²) < 4.78 is 10.8. The van der Waals surface area contributed by atoms with E-state index in [-0.39, 0.29) is 31.6 Å². The van der Waals surface area contributed by atoms with Crippen LogP contribution < -0.4 is 14.8 Å². The van der Waals surface area contributed by atoms with Crippen LogP contribution in [-0.4, -0.2) is 36.1 Å². The molecule has 2 aromatic rings. The highest BCUT2D eigenvalue weighted by molar-refractivity contribution is 6.31. The first-order valence-electron chi connectivity index (χ1n) is 11.1. The van der Waals surface area contributed by atoms with Crippen molar-refractivity contribution in [2.45, 2.75) is 52.6 Å². The molecule has 1 N–H and O–H groups in total. The highest BCUT2D eigenvalue weighted by Crippen LogP contribution is 2.33. The minimum Gasteiger partial charge on any atom is -0.454 e. The van der Waals surface area contributed by atoms with E-state index >= 15 is 0 Å². The van der Waals surface area contributed by atoms with Crippen LogP contribution in [0.25, 0.3) is 0 Å². The zero-order chi connectivity index (χ0) is 23.1. The maximum atomic E-state index is 13.4. The molecule has 0 saturated heterocycles. The van der Waals surface area contributed by atoms with Gasteiger partial charge in [0.2, 0.25) is 18.6 Å². The molecule has 6 nitrogen and oxygen atoms in total. The smallest absolute Gasteiger partial charge is 0.242 e. The molecular weight excluding hydrogens is 428 g/mol. The van der Waals surface area contributed by atoms with Gasteiger partial charge >= 0.3 is 0 Å². The van der Waals surface area contributed by atoms with Crippen molar-refractivity contribution in [1.29, 1.82) is 0 Å². The molecule has 0 spiro atoms. The van der Waals surface area contributed by atoms with Crippen LogP contribution in [-0.2, 0) is 22.6 Å². The number of rotatable bonds is 10. The van der Waals surface area contributed by atoms with Gasteiger partial charge in [-0.15, -0.1) is 0 Å². The topological polar surface area (TPSA) is 67.9 Å². The van der Waals surface area contributed by atoms with Crippen molar-refractivity contribution in [2.24, 2.45) is 5.92 Å². The van der Waals surface area contributed by atoms with Crippen LogP contribution in [0.1, 0.15) is 44.7 Å². The van der Waals surface area contributed by atoms with Gasteiger partial charge in [-0.25, -0.2) is 0 Å². The van der Waals surface area contributed by atoms with Gasteiger partial charge in [0.25, 0.3) is 0 Å². The number of hydrogen-bond donors (Lipinski definition) is 1. The van der Waals surface area contributed by atoms with E-state index in [1.807, 2.05) is 57.2 Å². The molecule has 1 aliphatic rings. The number of halogens is 1. The molecule has 1 unspecified atom stereocenters. The van der Waals surface area contributed by atoms with Crippen molar-refractivity contribution in [1.82, 2.24) is 10.2 Å². The van der Waals surface area contributed by atoms with Crippen molar-refractivity contribution in [3.05, 3.63) is 58.6 Å². The van der Waals surface area contributed by atoms with Gasteiger partial charge in [0.1, 0.15) is 6.04 Å². The highest BCUT2D eigenvalue weighted by Gasteiger charge is 2.29. The Balaban J connectivity index is 1.76. The SMILES string of the molecule is CCC(C(=O)NCC(C)C)N(Cc1ccccc1Cl)C(=O)CCc1ccc2c(c1)OCO2. The lowest BCUT2D eigenvalue weighted by Crippen LogP contribution is -2.49. The molecule has 0 bridgehead atoms. The van der Waals surface area contributed by atoms with Crippen molar-refractivity contribution in [3.8, 4) is 11.5 Å². The number of benzene rings is 2. The Hall–Kier alpha value is -2.73. The minimum absolute atomic E-state index is 0.0888. The van der Waals surface area contributed by atoms with Crippen LogP contribution in [0.3, 0.4) is 0 Å². The Kier molecular flexibility index (Phi) is 8.39. The van der Waals surface area contributed by atoms with Crippen LogP contribution in [0.15, 0.2) is 42.5 Å². The predicted octanol–water partition coefficient (Wildman–Crippen LogP) is 4.58. The summed E-state index contributed by atoms with van der Waals surface area (Å²) in [4.78, 5) is 27.9. The average molecular weight is 459 g/mol. The Labute approximate surface area is 194 Å². The molecule has 0 aromatic heterocycles. The number of nitrogens with one attached hydrogen (secondary N) is 1. The maximum absolute atomic E-state index is 13.4. The van der Waals surface area contributed by atoms with E-state index in [2.05, 4.69) is 5.32 Å². The molecule has 7 heteroatoms. The molecule has 3 rings (SSSR count). The van der Waals surface area contributed by atoms with Crippen LogP contribution >= 0.6 is 11.6 Å². The number of fused-ring (bicyclic) bond motifs is 1. The van der Waals surface area contributed by atoms with Crippen molar-refractivity contribution in [3.63, 3.8) is 0 Å². The molecule has 0 aliphatic carbocycles. The summed E-state index contributed by atoms with van der Waals surface area (Å²) in [6.45, 7) is 7.07. The van der Waals surface area contributed by atoms with Gasteiger partial charge < -0.3 is 19.7 Å². The van der Waals surface area contributed by atoms with Crippen molar-refractivity contribution >= 4 is 23.4 Å². The van der Waals surface area contributed by atoms with Crippen molar-refractivity contribution in [2.75, 3.05) is 13.3 Å². The second-order valence-electron chi connectivity index (χ2n) is 8.36. The Morgan fingerprint density at radius 1 is 1.12 bits per heavy atom. The normalized spacial score (nSPS) is 13.2. The number of nitrogens with zero attached hydrogens (tertiary/aromatic N) is 1. The fraction of sp³-hybridized carbons (Fsp3) is 0.440. The van der Waals surface area contributed by atoms with E-state index in [1.54, 1.807) is 11.0 Å². The van der Waals surface area contributed by atoms with Crippen LogP contribution in [0.4, 0.5) is 0 Å². The standard InChI is InChI=1S/C25H31ClN2O4/c1-4-21(25(30)27-14-17(2)3)28(15-19-7-5-6-8-20(19)26)24(29)12-10-18-9-11-22-23(13-18)32-16-31-22/h5-9,11,13,17,21H,4,10,12,14-16H2,1-3H3,(H,27,30). The molecule has 2 amide bonds. The first-order valence-corrected chi connectivity index (χ1v) is 11.5. The summed E-state index contributed by atoms with van der Waals surface area (Å²) in [7, 11) is 0. The third kappa shape index (κ3) is 6.16. The average Bonchev–Trinajstić information content (AvgIpc) is 3.25. The summed E-state index contributed by atoms with van der Waals surface area (Å²) >= 11 is 6.37. The quantitative estimate of drug-likeness (QED) is 0.565. The number of aryl methyl sites for hydroxylation is 1. The number of ether oxygens (including phenoxy) is 2. The first kappa shape index (κ1) is 23.9. The van der Waals surface area contributed by atoms with E-state index in [0.717, 1.165) is 11.1 Å². The van der Waals surface area contributed by atoms with Crippen LogP contribution in [0.5, 0.6) is 11.5 Å².